The molecule has 0 N–H and O–H groups in total. The van der Waals surface area contributed by atoms with E-state index in [2.05, 4.69) is 0 Å². The number of nitrogens with zero attached hydrogens (tertiary/aromatic N) is 2. The van der Waals surface area contributed by atoms with Crippen molar-refractivity contribution in [2.45, 2.75) is 32.9 Å². The Morgan fingerprint density at radius 3 is 2.26 bits per heavy atom. The smallest absolute Gasteiger partial charge is 0.261 e. The molecule has 31 heavy (non-hydrogen) atoms. The van der Waals surface area contributed by atoms with E-state index in [-0.39, 0.29) is 30.1 Å². The summed E-state index contributed by atoms with van der Waals surface area (Å²) >= 11 is 6.21. The molecule has 1 saturated heterocycles. The summed E-state index contributed by atoms with van der Waals surface area (Å²) < 4.78 is 29.8. The number of halogens is 1. The van der Waals surface area contributed by atoms with E-state index in [1.807, 2.05) is 57.1 Å². The van der Waals surface area contributed by atoms with Crippen molar-refractivity contribution in [2.75, 3.05) is 37.1 Å². The van der Waals surface area contributed by atoms with Crippen LogP contribution < -0.4 is 9.64 Å². The fourth-order valence-corrected chi connectivity index (χ4v) is 5.60. The molecule has 1 heterocycles. The SMILES string of the molecule is Cc1cc(OCC(=O)N(Cc2ccc(N(C)C)cc2)[C@@H]2CCS(=O)(=O)C2)cc(C)c1Cl. The predicted molar refractivity (Wildman–Crippen MR) is 125 cm³/mol. The molecule has 1 aliphatic heterocycles. The first-order valence-corrected chi connectivity index (χ1v) is 12.4. The second kappa shape index (κ2) is 9.49. The van der Waals surface area contributed by atoms with E-state index in [1.54, 1.807) is 17.0 Å². The number of carbonyl (C=O) groups excluding carboxylic acids is 1. The van der Waals surface area contributed by atoms with Gasteiger partial charge in [-0.25, -0.2) is 8.42 Å². The fraction of sp³-hybridized carbons (Fsp3) is 0.435. The van der Waals surface area contributed by atoms with Crippen molar-refractivity contribution in [3.05, 3.63) is 58.1 Å². The second-order valence-corrected chi connectivity index (χ2v) is 10.9. The molecule has 0 spiro atoms. The predicted octanol–water partition coefficient (Wildman–Crippen LogP) is 3.62. The van der Waals surface area contributed by atoms with Crippen LogP contribution in [0.15, 0.2) is 36.4 Å². The number of rotatable bonds is 7. The Hall–Kier alpha value is -2.25. The largest absolute Gasteiger partial charge is 0.484 e. The first-order chi connectivity index (χ1) is 14.6. The fourth-order valence-electron chi connectivity index (χ4n) is 3.76. The summed E-state index contributed by atoms with van der Waals surface area (Å²) in [6, 6.07) is 11.2. The molecule has 2 aromatic carbocycles. The minimum Gasteiger partial charge on any atom is -0.484 e. The van der Waals surface area contributed by atoms with E-state index >= 15 is 0 Å². The summed E-state index contributed by atoms with van der Waals surface area (Å²) in [6.45, 7) is 3.95. The average molecular weight is 465 g/mol. The van der Waals surface area contributed by atoms with Crippen molar-refractivity contribution in [1.82, 2.24) is 4.90 Å². The van der Waals surface area contributed by atoms with Gasteiger partial charge in [-0.3, -0.25) is 4.79 Å². The first kappa shape index (κ1) is 23.4. The standard InChI is InChI=1S/C23H29ClN2O4S/c1-16-11-21(12-17(2)23(16)24)30-14-22(27)26(20-9-10-31(28,29)15-20)13-18-5-7-19(8-6-18)25(3)4/h5-8,11-12,20H,9-10,13-15H2,1-4H3/t20-/m1/s1. The van der Waals surface area contributed by atoms with Crippen LogP contribution in [0.5, 0.6) is 5.75 Å². The van der Waals surface area contributed by atoms with Crippen molar-refractivity contribution < 1.29 is 17.9 Å². The van der Waals surface area contributed by atoms with Gasteiger partial charge in [0, 0.05) is 37.4 Å². The van der Waals surface area contributed by atoms with Crippen LogP contribution in [0.2, 0.25) is 5.02 Å². The summed E-state index contributed by atoms with van der Waals surface area (Å²) in [4.78, 5) is 16.7. The lowest BCUT2D eigenvalue weighted by atomic mass is 10.1. The highest BCUT2D eigenvalue weighted by molar-refractivity contribution is 7.91. The van der Waals surface area contributed by atoms with Crippen LogP contribution in [0, 0.1) is 13.8 Å². The lowest BCUT2D eigenvalue weighted by molar-refractivity contribution is -0.136. The lowest BCUT2D eigenvalue weighted by Gasteiger charge is -2.28. The van der Waals surface area contributed by atoms with E-state index in [1.165, 1.54) is 0 Å². The summed E-state index contributed by atoms with van der Waals surface area (Å²) in [7, 11) is 0.805. The average Bonchev–Trinajstić information content (AvgIpc) is 3.08. The van der Waals surface area contributed by atoms with Crippen molar-refractivity contribution in [2.24, 2.45) is 0 Å². The van der Waals surface area contributed by atoms with E-state index < -0.39 is 9.84 Å². The second-order valence-electron chi connectivity index (χ2n) is 8.30. The minimum atomic E-state index is -3.12. The van der Waals surface area contributed by atoms with Crippen molar-refractivity contribution in [3.63, 3.8) is 0 Å². The maximum atomic E-state index is 13.1. The van der Waals surface area contributed by atoms with E-state index in [0.717, 1.165) is 22.4 Å². The van der Waals surface area contributed by atoms with Gasteiger partial charge in [0.05, 0.1) is 11.5 Å². The Labute approximate surface area is 189 Å². The Bertz CT molecular complexity index is 1030. The van der Waals surface area contributed by atoms with Crippen LogP contribution in [0.25, 0.3) is 0 Å². The van der Waals surface area contributed by atoms with Crippen LogP contribution in [0.1, 0.15) is 23.1 Å². The molecule has 3 rings (SSSR count). The highest BCUT2D eigenvalue weighted by Gasteiger charge is 2.34. The number of hydrogen-bond acceptors (Lipinski definition) is 5. The van der Waals surface area contributed by atoms with Crippen molar-refractivity contribution >= 4 is 33.0 Å². The van der Waals surface area contributed by atoms with Gasteiger partial charge in [-0.15, -0.1) is 0 Å². The molecular formula is C23H29ClN2O4S. The van der Waals surface area contributed by atoms with Crippen LogP contribution >= 0.6 is 11.6 Å². The molecule has 168 valence electrons. The molecule has 0 saturated carbocycles. The molecule has 2 aromatic rings. The zero-order valence-electron chi connectivity index (χ0n) is 18.4. The van der Waals surface area contributed by atoms with E-state index in [4.69, 9.17) is 16.3 Å². The summed E-state index contributed by atoms with van der Waals surface area (Å²) in [5, 5.41) is 0.678. The van der Waals surface area contributed by atoms with Gasteiger partial charge in [-0.05, 0) is 61.2 Å². The quantitative estimate of drug-likeness (QED) is 0.626. The maximum Gasteiger partial charge on any atom is 0.261 e. The van der Waals surface area contributed by atoms with Crippen LogP contribution in [0.3, 0.4) is 0 Å². The Kier molecular flexibility index (Phi) is 7.17. The van der Waals surface area contributed by atoms with Crippen LogP contribution in [-0.4, -0.2) is 57.5 Å². The monoisotopic (exact) mass is 464 g/mol. The first-order valence-electron chi connectivity index (χ1n) is 10.2. The number of sulfone groups is 1. The Balaban J connectivity index is 1.76. The summed E-state index contributed by atoms with van der Waals surface area (Å²) in [5.41, 5.74) is 3.76. The number of carbonyl (C=O) groups is 1. The minimum absolute atomic E-state index is 0.00627. The third-order valence-electron chi connectivity index (χ3n) is 5.55. The number of aryl methyl sites for hydroxylation is 2. The van der Waals surface area contributed by atoms with Crippen molar-refractivity contribution in [3.8, 4) is 5.75 Å². The topological polar surface area (TPSA) is 66.9 Å². The maximum absolute atomic E-state index is 13.1. The molecule has 1 aliphatic rings. The number of hydrogen-bond donors (Lipinski definition) is 0. The van der Waals surface area contributed by atoms with E-state index in [0.29, 0.717) is 23.7 Å². The molecule has 0 unspecified atom stereocenters. The summed E-state index contributed by atoms with van der Waals surface area (Å²) in [6.07, 6.45) is 0.447. The molecule has 0 aromatic heterocycles. The lowest BCUT2D eigenvalue weighted by Crippen LogP contribution is -2.43. The zero-order valence-corrected chi connectivity index (χ0v) is 20.0. The summed E-state index contributed by atoms with van der Waals surface area (Å²) in [5.74, 6) is 0.441. The molecule has 0 aliphatic carbocycles. The molecule has 8 heteroatoms. The normalized spacial score (nSPS) is 17.4. The highest BCUT2D eigenvalue weighted by Crippen LogP contribution is 2.26. The highest BCUT2D eigenvalue weighted by atomic mass is 35.5. The third-order valence-corrected chi connectivity index (χ3v) is 7.89. The van der Waals surface area contributed by atoms with Gasteiger partial charge in [0.25, 0.3) is 5.91 Å². The van der Waals surface area contributed by atoms with Gasteiger partial charge < -0.3 is 14.5 Å². The molecule has 1 fully saturated rings. The number of amides is 1. The number of benzene rings is 2. The Morgan fingerprint density at radius 2 is 1.74 bits per heavy atom. The molecule has 1 amide bonds. The third kappa shape index (κ3) is 5.92. The van der Waals surface area contributed by atoms with Crippen molar-refractivity contribution in [1.29, 1.82) is 0 Å². The van der Waals surface area contributed by atoms with Crippen LogP contribution in [0.4, 0.5) is 5.69 Å². The van der Waals surface area contributed by atoms with Gasteiger partial charge in [-0.1, -0.05) is 23.7 Å². The molecule has 1 atom stereocenters. The molecular weight excluding hydrogens is 436 g/mol. The van der Waals surface area contributed by atoms with Gasteiger partial charge >= 0.3 is 0 Å². The number of anilines is 1. The van der Waals surface area contributed by atoms with Gasteiger partial charge in [-0.2, -0.15) is 0 Å². The van der Waals surface area contributed by atoms with Gasteiger partial charge in [0.15, 0.2) is 16.4 Å². The van der Waals surface area contributed by atoms with Crippen LogP contribution in [-0.2, 0) is 21.2 Å². The number of ether oxygens (including phenoxy) is 1. The molecule has 0 bridgehead atoms. The van der Waals surface area contributed by atoms with Gasteiger partial charge in [0.2, 0.25) is 0 Å². The Morgan fingerprint density at radius 1 is 1.13 bits per heavy atom. The van der Waals surface area contributed by atoms with Gasteiger partial charge in [0.1, 0.15) is 5.75 Å². The van der Waals surface area contributed by atoms with E-state index in [9.17, 15) is 13.2 Å². The molecule has 0 radical (unpaired) electrons. The zero-order chi connectivity index (χ0) is 22.8. The molecule has 6 nitrogen and oxygen atoms in total.